The molecule has 1 saturated heterocycles. The first-order valence-electron chi connectivity index (χ1n) is 2.44. The van der Waals surface area contributed by atoms with Gasteiger partial charge >= 0.3 is 5.97 Å². The van der Waals surface area contributed by atoms with Crippen molar-refractivity contribution in [3.05, 3.63) is 0 Å². The second-order valence-corrected chi connectivity index (χ2v) is 4.20. The largest absolute Gasteiger partial charge is 0.480 e. The number of carboxylic acid groups (broad SMARTS) is 1. The minimum atomic E-state index is -0.681. The highest BCUT2D eigenvalue weighted by Crippen LogP contribution is 2.52. The van der Waals surface area contributed by atoms with Gasteiger partial charge in [0.05, 0.1) is 0 Å². The topological polar surface area (TPSA) is 37.3 Å². The summed E-state index contributed by atoms with van der Waals surface area (Å²) in [6.45, 7) is 3.88. The summed E-state index contributed by atoms with van der Waals surface area (Å²) in [5.74, 6) is -0.681. The molecule has 1 rings (SSSR count). The normalized spacial score (nSPS) is 32.0. The molecule has 0 saturated carbocycles. The van der Waals surface area contributed by atoms with E-state index < -0.39 is 5.97 Å². The Kier molecular flexibility index (Phi) is 1.05. The van der Waals surface area contributed by atoms with E-state index in [1.807, 2.05) is 13.8 Å². The molecule has 0 amide bonds. The van der Waals surface area contributed by atoms with E-state index in [2.05, 4.69) is 0 Å². The van der Waals surface area contributed by atoms with Crippen LogP contribution in [0.15, 0.2) is 0 Å². The third kappa shape index (κ3) is 0.823. The summed E-state index contributed by atoms with van der Waals surface area (Å²) in [6.07, 6.45) is 0. The van der Waals surface area contributed by atoms with Gasteiger partial charge in [0.25, 0.3) is 0 Å². The summed E-state index contributed by atoms with van der Waals surface area (Å²) >= 11 is 1.50. The van der Waals surface area contributed by atoms with Crippen LogP contribution in [0.4, 0.5) is 0 Å². The predicted molar refractivity (Wildman–Crippen MR) is 33.1 cm³/mol. The van der Waals surface area contributed by atoms with Crippen molar-refractivity contribution >= 4 is 17.7 Å². The molecule has 1 aliphatic heterocycles. The zero-order valence-electron chi connectivity index (χ0n) is 4.84. The lowest BCUT2D eigenvalue weighted by Gasteiger charge is -1.90. The van der Waals surface area contributed by atoms with Crippen molar-refractivity contribution in [2.75, 3.05) is 0 Å². The first kappa shape index (κ1) is 5.95. The van der Waals surface area contributed by atoms with Gasteiger partial charge in [0.1, 0.15) is 5.25 Å². The fraction of sp³-hybridized carbons (Fsp3) is 0.800. The summed E-state index contributed by atoms with van der Waals surface area (Å²) < 4.78 is 0.00579. The average molecular weight is 132 g/mol. The number of thioether (sulfide) groups is 1. The Morgan fingerprint density at radius 2 is 2.12 bits per heavy atom. The van der Waals surface area contributed by atoms with Crippen molar-refractivity contribution in [1.29, 1.82) is 0 Å². The van der Waals surface area contributed by atoms with Crippen LogP contribution < -0.4 is 0 Å². The van der Waals surface area contributed by atoms with E-state index in [1.165, 1.54) is 11.8 Å². The van der Waals surface area contributed by atoms with Crippen LogP contribution in [0.25, 0.3) is 0 Å². The molecule has 46 valence electrons. The number of carbonyl (C=O) groups is 1. The van der Waals surface area contributed by atoms with Gasteiger partial charge in [0.2, 0.25) is 0 Å². The maximum absolute atomic E-state index is 10.2. The number of hydrogen-bond donors (Lipinski definition) is 1. The van der Waals surface area contributed by atoms with Crippen molar-refractivity contribution in [2.45, 2.75) is 23.8 Å². The van der Waals surface area contributed by atoms with Crippen LogP contribution in [0, 0.1) is 0 Å². The summed E-state index contributed by atoms with van der Waals surface area (Å²) in [6, 6.07) is 0. The molecule has 1 heterocycles. The number of hydrogen-bond acceptors (Lipinski definition) is 2. The van der Waals surface area contributed by atoms with Crippen molar-refractivity contribution < 1.29 is 9.90 Å². The Labute approximate surface area is 52.3 Å². The molecular weight excluding hydrogens is 124 g/mol. The minimum absolute atomic E-state index is 0.00579. The van der Waals surface area contributed by atoms with Crippen LogP contribution in [-0.4, -0.2) is 21.1 Å². The highest BCUT2D eigenvalue weighted by Gasteiger charge is 2.52. The van der Waals surface area contributed by atoms with Gasteiger partial charge in [-0.3, -0.25) is 4.79 Å². The smallest absolute Gasteiger partial charge is 0.318 e. The Morgan fingerprint density at radius 1 is 1.75 bits per heavy atom. The SMILES string of the molecule is CC1(C)S[C@@H]1C(=O)O. The lowest BCUT2D eigenvalue weighted by molar-refractivity contribution is -0.135. The molecule has 1 fully saturated rings. The summed E-state index contributed by atoms with van der Waals surface area (Å²) in [5, 5.41) is 8.22. The fourth-order valence-corrected chi connectivity index (χ4v) is 1.36. The number of aliphatic carboxylic acids is 1. The van der Waals surface area contributed by atoms with Crippen LogP contribution in [0.3, 0.4) is 0 Å². The average Bonchev–Trinajstić information content (AvgIpc) is 2.13. The maximum atomic E-state index is 10.2. The van der Waals surface area contributed by atoms with Crippen LogP contribution in [0.1, 0.15) is 13.8 Å². The zero-order chi connectivity index (χ0) is 6.36. The highest BCUT2D eigenvalue weighted by molar-refractivity contribution is 8.09. The molecule has 2 nitrogen and oxygen atoms in total. The maximum Gasteiger partial charge on any atom is 0.318 e. The van der Waals surface area contributed by atoms with Crippen molar-refractivity contribution in [3.8, 4) is 0 Å². The van der Waals surface area contributed by atoms with Crippen LogP contribution in [0.5, 0.6) is 0 Å². The van der Waals surface area contributed by atoms with Crippen LogP contribution in [-0.2, 0) is 4.79 Å². The van der Waals surface area contributed by atoms with Gasteiger partial charge in [-0.2, -0.15) is 0 Å². The molecule has 0 aromatic heterocycles. The standard InChI is InChI=1S/C5H8O2S/c1-5(2)3(8-5)4(6)7/h3H,1-2H3,(H,6,7)/t3-/m1/s1. The van der Waals surface area contributed by atoms with Gasteiger partial charge in [-0.25, -0.2) is 0 Å². The van der Waals surface area contributed by atoms with Crippen molar-refractivity contribution in [1.82, 2.24) is 0 Å². The molecule has 8 heavy (non-hydrogen) atoms. The Morgan fingerprint density at radius 3 is 2.12 bits per heavy atom. The fourth-order valence-electron chi connectivity index (χ4n) is 0.617. The van der Waals surface area contributed by atoms with Gasteiger partial charge in [0, 0.05) is 4.75 Å². The number of rotatable bonds is 1. The van der Waals surface area contributed by atoms with Gasteiger partial charge in [-0.05, 0) is 13.8 Å². The lowest BCUT2D eigenvalue weighted by atomic mass is 10.1. The summed E-state index contributed by atoms with van der Waals surface area (Å²) in [4.78, 5) is 10.2. The summed E-state index contributed by atoms with van der Waals surface area (Å²) in [7, 11) is 0. The summed E-state index contributed by atoms with van der Waals surface area (Å²) in [5.41, 5.74) is 0. The predicted octanol–water partition coefficient (Wildman–Crippen LogP) is 0.965. The van der Waals surface area contributed by atoms with Crippen molar-refractivity contribution in [2.24, 2.45) is 0 Å². The Hall–Kier alpha value is -0.180. The quantitative estimate of drug-likeness (QED) is 0.540. The van der Waals surface area contributed by atoms with Crippen LogP contribution >= 0.6 is 11.8 Å². The molecule has 1 N–H and O–H groups in total. The third-order valence-corrected chi connectivity index (χ3v) is 2.84. The van der Waals surface area contributed by atoms with Gasteiger partial charge in [-0.1, -0.05) is 0 Å². The monoisotopic (exact) mass is 132 g/mol. The van der Waals surface area contributed by atoms with E-state index in [1.54, 1.807) is 0 Å². The number of carboxylic acids is 1. The van der Waals surface area contributed by atoms with E-state index in [0.717, 1.165) is 0 Å². The van der Waals surface area contributed by atoms with Crippen LogP contribution in [0.2, 0.25) is 0 Å². The van der Waals surface area contributed by atoms with E-state index in [0.29, 0.717) is 0 Å². The van der Waals surface area contributed by atoms with E-state index in [-0.39, 0.29) is 10.00 Å². The third-order valence-electron chi connectivity index (χ3n) is 1.22. The molecule has 0 radical (unpaired) electrons. The molecule has 0 unspecified atom stereocenters. The molecule has 0 aromatic carbocycles. The zero-order valence-corrected chi connectivity index (χ0v) is 5.66. The molecule has 3 heteroatoms. The molecule has 0 spiro atoms. The lowest BCUT2D eigenvalue weighted by Crippen LogP contribution is -2.12. The Balaban J connectivity index is 2.48. The molecular formula is C5H8O2S. The van der Waals surface area contributed by atoms with Gasteiger partial charge in [-0.15, -0.1) is 11.8 Å². The highest BCUT2D eigenvalue weighted by atomic mass is 32.2. The van der Waals surface area contributed by atoms with Gasteiger partial charge < -0.3 is 5.11 Å². The van der Waals surface area contributed by atoms with Crippen molar-refractivity contribution in [3.63, 3.8) is 0 Å². The Bertz CT molecular complexity index is 130. The first-order valence-corrected chi connectivity index (χ1v) is 3.32. The van der Waals surface area contributed by atoms with Gasteiger partial charge in [0.15, 0.2) is 0 Å². The molecule has 0 aromatic rings. The second kappa shape index (κ2) is 1.41. The van der Waals surface area contributed by atoms with E-state index in [9.17, 15) is 4.79 Å². The first-order chi connectivity index (χ1) is 3.54. The second-order valence-electron chi connectivity index (χ2n) is 2.44. The minimum Gasteiger partial charge on any atom is -0.480 e. The molecule has 0 aliphatic carbocycles. The molecule has 1 aliphatic rings. The van der Waals surface area contributed by atoms with E-state index >= 15 is 0 Å². The van der Waals surface area contributed by atoms with E-state index in [4.69, 9.17) is 5.11 Å². The molecule has 0 bridgehead atoms. The molecule has 1 atom stereocenters.